The summed E-state index contributed by atoms with van der Waals surface area (Å²) < 4.78 is 30.4. The van der Waals surface area contributed by atoms with Crippen LogP contribution in [0.5, 0.6) is 0 Å². The van der Waals surface area contributed by atoms with Crippen molar-refractivity contribution in [1.29, 1.82) is 0 Å². The average Bonchev–Trinajstić information content (AvgIpc) is 3.53. The monoisotopic (exact) mass is 699 g/mol. The van der Waals surface area contributed by atoms with Gasteiger partial charge in [0.25, 0.3) is 0 Å². The Morgan fingerprint density at radius 2 is 1.59 bits per heavy atom. The number of benzene rings is 3. The molecule has 0 radical (unpaired) electrons. The van der Waals surface area contributed by atoms with Crippen LogP contribution in [0.25, 0.3) is 6.08 Å². The summed E-state index contributed by atoms with van der Waals surface area (Å²) in [5.41, 5.74) is 1.84. The second kappa shape index (κ2) is 16.9. The molecule has 1 amide bonds. The Kier molecular flexibility index (Phi) is 12.4. The normalized spacial score (nSPS) is 20.2. The Morgan fingerprint density at radius 1 is 0.941 bits per heavy atom. The van der Waals surface area contributed by atoms with Crippen LogP contribution in [0.15, 0.2) is 103 Å². The lowest BCUT2D eigenvalue weighted by Gasteiger charge is -2.31. The van der Waals surface area contributed by atoms with Gasteiger partial charge in [0.15, 0.2) is 0 Å². The van der Waals surface area contributed by atoms with Gasteiger partial charge in [-0.2, -0.15) is 0 Å². The van der Waals surface area contributed by atoms with Gasteiger partial charge in [-0.05, 0) is 51.0 Å². The highest BCUT2D eigenvalue weighted by Crippen LogP contribution is 2.47. The molecule has 2 aliphatic rings. The Hall–Kier alpha value is -4.81. The lowest BCUT2D eigenvalue weighted by molar-refractivity contribution is -0.157. The Labute approximate surface area is 297 Å². The van der Waals surface area contributed by atoms with Crippen LogP contribution in [-0.4, -0.2) is 77.8 Å². The van der Waals surface area contributed by atoms with E-state index >= 15 is 0 Å². The molecule has 1 heterocycles. The van der Waals surface area contributed by atoms with Crippen molar-refractivity contribution in [3.05, 3.63) is 125 Å². The molecular formula is C40H45NO10. The number of amides is 1. The molecule has 1 aliphatic heterocycles. The predicted molar refractivity (Wildman–Crippen MR) is 188 cm³/mol. The molecule has 3 N–H and O–H groups in total. The van der Waals surface area contributed by atoms with Gasteiger partial charge < -0.3 is 39.2 Å². The molecule has 270 valence electrons. The molecule has 51 heavy (non-hydrogen) atoms. The van der Waals surface area contributed by atoms with Crippen molar-refractivity contribution in [2.45, 2.75) is 75.8 Å². The highest BCUT2D eigenvalue weighted by Gasteiger charge is 2.55. The highest BCUT2D eigenvalue weighted by atomic mass is 16.8. The van der Waals surface area contributed by atoms with Crippen molar-refractivity contribution in [2.24, 2.45) is 0 Å². The molecule has 1 fully saturated rings. The van der Waals surface area contributed by atoms with Gasteiger partial charge in [-0.15, -0.1) is 0 Å². The molecule has 3 aromatic rings. The van der Waals surface area contributed by atoms with E-state index < -0.39 is 60.2 Å². The van der Waals surface area contributed by atoms with Crippen LogP contribution >= 0.6 is 0 Å². The maximum Gasteiger partial charge on any atom is 0.339 e. The van der Waals surface area contributed by atoms with Crippen LogP contribution in [0.1, 0.15) is 67.1 Å². The number of esters is 2. The summed E-state index contributed by atoms with van der Waals surface area (Å²) in [7, 11) is 0. The van der Waals surface area contributed by atoms with E-state index in [0.29, 0.717) is 5.56 Å². The van der Waals surface area contributed by atoms with Crippen molar-refractivity contribution >= 4 is 23.9 Å². The van der Waals surface area contributed by atoms with Gasteiger partial charge in [-0.25, -0.2) is 4.79 Å². The number of aliphatic hydroxyl groups excluding tert-OH is 2. The minimum atomic E-state index is -1.38. The summed E-state index contributed by atoms with van der Waals surface area (Å²) in [6.07, 6.45) is 2.25. The maximum atomic E-state index is 13.8. The summed E-state index contributed by atoms with van der Waals surface area (Å²) in [4.78, 5) is 39.9. The van der Waals surface area contributed by atoms with Crippen LogP contribution in [0.4, 0.5) is 0 Å². The van der Waals surface area contributed by atoms with Gasteiger partial charge in [-0.3, -0.25) is 9.59 Å². The van der Waals surface area contributed by atoms with Crippen LogP contribution in [-0.2, 0) is 39.1 Å². The van der Waals surface area contributed by atoms with E-state index in [-0.39, 0.29) is 43.6 Å². The molecule has 11 nitrogen and oxygen atoms in total. The van der Waals surface area contributed by atoms with E-state index in [0.717, 1.165) is 11.1 Å². The van der Waals surface area contributed by atoms with Gasteiger partial charge in [0, 0.05) is 29.5 Å². The zero-order valence-electron chi connectivity index (χ0n) is 29.0. The van der Waals surface area contributed by atoms with E-state index in [2.05, 4.69) is 5.32 Å². The van der Waals surface area contributed by atoms with E-state index in [1.807, 2.05) is 60.7 Å². The number of aliphatic hydroxyl groups is 2. The van der Waals surface area contributed by atoms with E-state index in [9.17, 15) is 19.5 Å². The number of hydrogen-bond donors (Lipinski definition) is 3. The molecule has 3 aromatic carbocycles. The summed E-state index contributed by atoms with van der Waals surface area (Å²) in [5, 5.41) is 21.9. The first-order valence-corrected chi connectivity index (χ1v) is 17.0. The summed E-state index contributed by atoms with van der Waals surface area (Å²) in [5.74, 6) is -2.96. The van der Waals surface area contributed by atoms with Crippen LogP contribution in [0, 0.1) is 0 Å². The largest absolute Gasteiger partial charge is 0.499 e. The van der Waals surface area contributed by atoms with Crippen molar-refractivity contribution in [3.63, 3.8) is 0 Å². The van der Waals surface area contributed by atoms with Gasteiger partial charge in [0.1, 0.15) is 30.5 Å². The molecule has 0 bridgehead atoms. The van der Waals surface area contributed by atoms with Crippen LogP contribution in [0.2, 0.25) is 0 Å². The smallest absolute Gasteiger partial charge is 0.339 e. The molecular weight excluding hydrogens is 654 g/mol. The second-order valence-corrected chi connectivity index (χ2v) is 13.3. The van der Waals surface area contributed by atoms with Crippen LogP contribution in [0.3, 0.4) is 0 Å². The van der Waals surface area contributed by atoms with Crippen molar-refractivity contribution in [1.82, 2.24) is 5.32 Å². The first-order chi connectivity index (χ1) is 24.5. The number of nitrogens with one attached hydrogen (secondary N) is 1. The average molecular weight is 700 g/mol. The van der Waals surface area contributed by atoms with E-state index in [1.54, 1.807) is 57.2 Å². The molecule has 0 spiro atoms. The molecule has 5 rings (SSSR count). The van der Waals surface area contributed by atoms with Gasteiger partial charge in [-0.1, -0.05) is 78.9 Å². The third-order valence-electron chi connectivity index (χ3n) is 8.34. The SMILES string of the molecule is CC(C)(C)OC(=O)CCC(CO)NC(=O)C1=CC2OC(c3ccccc3)(c3ccccc3)OC2C(OC(=O)c2ccccc2C=COCCO)C1. The van der Waals surface area contributed by atoms with Crippen molar-refractivity contribution in [2.75, 3.05) is 19.8 Å². The zero-order valence-corrected chi connectivity index (χ0v) is 29.0. The number of hydrogen-bond acceptors (Lipinski definition) is 10. The number of carbonyl (C=O) groups is 3. The zero-order chi connectivity index (χ0) is 36.4. The predicted octanol–water partition coefficient (Wildman–Crippen LogP) is 4.81. The number of ether oxygens (including phenoxy) is 5. The molecule has 0 saturated carbocycles. The fourth-order valence-electron chi connectivity index (χ4n) is 6.03. The molecule has 4 unspecified atom stereocenters. The summed E-state index contributed by atoms with van der Waals surface area (Å²) in [6.45, 7) is 4.85. The maximum absolute atomic E-state index is 13.8. The fraction of sp³-hybridized carbons (Fsp3) is 0.375. The number of carbonyl (C=O) groups excluding carboxylic acids is 3. The topological polar surface area (TPSA) is 150 Å². The molecule has 4 atom stereocenters. The standard InChI is InChI=1S/C40H45NO10/c1-39(2,3)50-35(44)19-18-31(26-43)41-37(45)28-24-33(48-38(46)32-17-11-10-12-27(32)20-22-47-23-21-42)36-34(25-28)49-40(51-36,29-13-6-4-7-14-29)30-15-8-5-9-16-30/h4-17,20,22,25,31,33-34,36,42-43H,18-19,21,23-24,26H2,1-3H3,(H,41,45). The first-order valence-electron chi connectivity index (χ1n) is 17.0. The second-order valence-electron chi connectivity index (χ2n) is 13.3. The van der Waals surface area contributed by atoms with E-state index in [1.165, 1.54) is 6.26 Å². The number of fused-ring (bicyclic) bond motifs is 1. The lowest BCUT2D eigenvalue weighted by atomic mass is 9.91. The molecule has 1 saturated heterocycles. The first kappa shape index (κ1) is 37.4. The Morgan fingerprint density at radius 3 is 2.22 bits per heavy atom. The van der Waals surface area contributed by atoms with E-state index in [4.69, 9.17) is 28.8 Å². The minimum absolute atomic E-state index is 0.000715. The Balaban J connectivity index is 1.44. The van der Waals surface area contributed by atoms with Crippen molar-refractivity contribution in [3.8, 4) is 0 Å². The van der Waals surface area contributed by atoms with Gasteiger partial charge >= 0.3 is 11.9 Å². The molecule has 0 aromatic heterocycles. The third-order valence-corrected chi connectivity index (χ3v) is 8.34. The van der Waals surface area contributed by atoms with Gasteiger partial charge in [0.05, 0.1) is 31.1 Å². The Bertz CT molecular complexity index is 1660. The minimum Gasteiger partial charge on any atom is -0.499 e. The summed E-state index contributed by atoms with van der Waals surface area (Å²) >= 11 is 0. The van der Waals surface area contributed by atoms with Gasteiger partial charge in [0.2, 0.25) is 11.7 Å². The van der Waals surface area contributed by atoms with Crippen LogP contribution < -0.4 is 5.32 Å². The number of rotatable bonds is 14. The lowest BCUT2D eigenvalue weighted by Crippen LogP contribution is -2.45. The molecule has 11 heteroatoms. The highest BCUT2D eigenvalue weighted by molar-refractivity contribution is 5.95. The fourth-order valence-corrected chi connectivity index (χ4v) is 6.03. The van der Waals surface area contributed by atoms with Crippen molar-refractivity contribution < 1.29 is 48.3 Å². The third kappa shape index (κ3) is 9.50. The molecule has 1 aliphatic carbocycles. The summed E-state index contributed by atoms with van der Waals surface area (Å²) in [6, 6.07) is 24.9. The quantitative estimate of drug-likeness (QED) is 0.122.